The van der Waals surface area contributed by atoms with Crippen molar-refractivity contribution in [2.45, 2.75) is 0 Å². The number of ether oxygens (including phenoxy) is 1. The molecule has 2 N–H and O–H groups in total. The summed E-state index contributed by atoms with van der Waals surface area (Å²) < 4.78 is 31.3. The molecular formula is C10H10BrF2NO. The van der Waals surface area contributed by atoms with Crippen LogP contribution in [0.5, 0.6) is 5.75 Å². The van der Waals surface area contributed by atoms with Gasteiger partial charge in [-0.3, -0.25) is 0 Å². The minimum atomic E-state index is -1.01. The topological polar surface area (TPSA) is 35.2 Å². The van der Waals surface area contributed by atoms with Gasteiger partial charge in [0.05, 0.1) is 11.6 Å². The van der Waals surface area contributed by atoms with E-state index in [9.17, 15) is 8.78 Å². The van der Waals surface area contributed by atoms with Crippen LogP contribution in [0.3, 0.4) is 0 Å². The first kappa shape index (κ1) is 12.1. The largest absolute Gasteiger partial charge is 0.493 e. The molecule has 0 aliphatic rings. The lowest BCUT2D eigenvalue weighted by Gasteiger charge is -2.08. The number of halogens is 3. The molecule has 0 saturated carbocycles. The van der Waals surface area contributed by atoms with E-state index in [1.165, 1.54) is 13.2 Å². The van der Waals surface area contributed by atoms with E-state index in [0.29, 0.717) is 12.1 Å². The Hall–Kier alpha value is -0.940. The van der Waals surface area contributed by atoms with Gasteiger partial charge in [-0.25, -0.2) is 4.39 Å². The number of hydrogen-bond donors (Lipinski definition) is 1. The van der Waals surface area contributed by atoms with Crippen molar-refractivity contribution in [1.82, 2.24) is 0 Å². The highest BCUT2D eigenvalue weighted by atomic mass is 79.9. The summed E-state index contributed by atoms with van der Waals surface area (Å²) in [5, 5.41) is 0. The molecule has 5 heteroatoms. The van der Waals surface area contributed by atoms with E-state index in [-0.39, 0.29) is 10.2 Å². The van der Waals surface area contributed by atoms with Crippen molar-refractivity contribution < 1.29 is 13.5 Å². The van der Waals surface area contributed by atoms with E-state index in [0.717, 1.165) is 0 Å². The molecule has 0 unspecified atom stereocenters. The van der Waals surface area contributed by atoms with E-state index in [1.54, 1.807) is 12.2 Å². The molecule has 2 nitrogen and oxygen atoms in total. The van der Waals surface area contributed by atoms with Gasteiger partial charge in [-0.1, -0.05) is 12.2 Å². The van der Waals surface area contributed by atoms with Crippen LogP contribution < -0.4 is 10.5 Å². The molecule has 0 saturated heterocycles. The molecule has 0 aliphatic carbocycles. The maximum absolute atomic E-state index is 13.4. The number of rotatable bonds is 3. The van der Waals surface area contributed by atoms with Crippen molar-refractivity contribution in [1.29, 1.82) is 0 Å². The Morgan fingerprint density at radius 2 is 2.13 bits per heavy atom. The fraction of sp³-hybridized carbons (Fsp3) is 0.200. The summed E-state index contributed by atoms with van der Waals surface area (Å²) in [5.74, 6) is -2.10. The van der Waals surface area contributed by atoms with Crippen LogP contribution >= 0.6 is 15.9 Å². The van der Waals surface area contributed by atoms with E-state index < -0.39 is 11.6 Å². The summed E-state index contributed by atoms with van der Waals surface area (Å²) in [6.45, 7) is 0.319. The van der Waals surface area contributed by atoms with Crippen LogP contribution in [0.15, 0.2) is 16.6 Å². The van der Waals surface area contributed by atoms with Gasteiger partial charge in [0, 0.05) is 12.1 Å². The molecule has 0 amide bonds. The fourth-order valence-electron chi connectivity index (χ4n) is 1.12. The highest BCUT2D eigenvalue weighted by Gasteiger charge is 2.16. The van der Waals surface area contributed by atoms with Gasteiger partial charge in [-0.2, -0.15) is 4.39 Å². The van der Waals surface area contributed by atoms with Crippen molar-refractivity contribution in [3.05, 3.63) is 33.8 Å². The maximum atomic E-state index is 13.4. The van der Waals surface area contributed by atoms with E-state index in [1.807, 2.05) is 0 Å². The zero-order valence-corrected chi connectivity index (χ0v) is 9.64. The molecule has 0 fully saturated rings. The Balaban J connectivity index is 3.31. The first-order valence-electron chi connectivity index (χ1n) is 4.20. The number of hydrogen-bond acceptors (Lipinski definition) is 2. The molecule has 0 heterocycles. The van der Waals surface area contributed by atoms with Gasteiger partial charge in [0.1, 0.15) is 0 Å². The van der Waals surface area contributed by atoms with Crippen LogP contribution in [-0.2, 0) is 0 Å². The predicted molar refractivity (Wildman–Crippen MR) is 58.7 cm³/mol. The van der Waals surface area contributed by atoms with Crippen LogP contribution in [0.2, 0.25) is 0 Å². The minimum Gasteiger partial charge on any atom is -0.493 e. The van der Waals surface area contributed by atoms with Gasteiger partial charge >= 0.3 is 0 Å². The zero-order valence-electron chi connectivity index (χ0n) is 8.06. The van der Waals surface area contributed by atoms with Crippen LogP contribution in [-0.4, -0.2) is 13.7 Å². The molecule has 1 aromatic rings. The third kappa shape index (κ3) is 2.54. The van der Waals surface area contributed by atoms with Gasteiger partial charge in [-0.05, 0) is 22.0 Å². The molecule has 0 atom stereocenters. The molecule has 1 rings (SSSR count). The van der Waals surface area contributed by atoms with Crippen molar-refractivity contribution in [3.8, 4) is 5.75 Å². The maximum Gasteiger partial charge on any atom is 0.202 e. The highest BCUT2D eigenvalue weighted by molar-refractivity contribution is 9.10. The lowest BCUT2D eigenvalue weighted by Crippen LogP contribution is -1.97. The van der Waals surface area contributed by atoms with Gasteiger partial charge in [-0.15, -0.1) is 0 Å². The fourth-order valence-corrected chi connectivity index (χ4v) is 1.54. The molecule has 0 aliphatic heterocycles. The van der Waals surface area contributed by atoms with E-state index in [2.05, 4.69) is 15.9 Å². The molecular weight excluding hydrogens is 268 g/mol. The monoisotopic (exact) mass is 277 g/mol. The van der Waals surface area contributed by atoms with Gasteiger partial charge in [0.2, 0.25) is 5.82 Å². The van der Waals surface area contributed by atoms with Crippen LogP contribution in [0.1, 0.15) is 5.56 Å². The van der Waals surface area contributed by atoms with E-state index >= 15 is 0 Å². The van der Waals surface area contributed by atoms with Crippen LogP contribution in [0.25, 0.3) is 6.08 Å². The van der Waals surface area contributed by atoms with Crippen molar-refractivity contribution in [2.75, 3.05) is 13.7 Å². The van der Waals surface area contributed by atoms with Gasteiger partial charge in [0.15, 0.2) is 11.6 Å². The normalized spacial score (nSPS) is 11.0. The van der Waals surface area contributed by atoms with Crippen LogP contribution in [0, 0.1) is 11.6 Å². The van der Waals surface area contributed by atoms with Crippen molar-refractivity contribution in [3.63, 3.8) is 0 Å². The smallest absolute Gasteiger partial charge is 0.202 e. The second-order valence-corrected chi connectivity index (χ2v) is 3.60. The quantitative estimate of drug-likeness (QED) is 0.863. The highest BCUT2D eigenvalue weighted by Crippen LogP contribution is 2.31. The average Bonchev–Trinajstić information content (AvgIpc) is 2.23. The van der Waals surface area contributed by atoms with Gasteiger partial charge < -0.3 is 10.5 Å². The number of methoxy groups -OCH3 is 1. The molecule has 0 radical (unpaired) electrons. The molecule has 0 aromatic heterocycles. The Morgan fingerprint density at radius 1 is 1.47 bits per heavy atom. The number of benzene rings is 1. The van der Waals surface area contributed by atoms with E-state index in [4.69, 9.17) is 10.5 Å². The summed E-state index contributed by atoms with van der Waals surface area (Å²) in [5.41, 5.74) is 5.71. The minimum absolute atomic E-state index is 0.0532. The third-order valence-corrected chi connectivity index (χ3v) is 2.36. The van der Waals surface area contributed by atoms with Crippen LogP contribution in [0.4, 0.5) is 8.78 Å². The lowest BCUT2D eigenvalue weighted by atomic mass is 10.1. The SMILES string of the molecule is COc1c(/C=C/CN)cc(Br)c(F)c1F. The molecule has 15 heavy (non-hydrogen) atoms. The Morgan fingerprint density at radius 3 is 2.67 bits per heavy atom. The summed E-state index contributed by atoms with van der Waals surface area (Å²) in [4.78, 5) is 0. The Labute approximate surface area is 94.9 Å². The molecule has 0 bridgehead atoms. The third-order valence-electron chi connectivity index (χ3n) is 1.78. The second-order valence-electron chi connectivity index (χ2n) is 2.75. The van der Waals surface area contributed by atoms with Crippen molar-refractivity contribution in [2.24, 2.45) is 5.73 Å². The standard InChI is InChI=1S/C10H10BrF2NO/c1-15-10-6(3-2-4-14)5-7(11)8(12)9(10)13/h2-3,5H,4,14H2,1H3/b3-2+. The van der Waals surface area contributed by atoms with Gasteiger partial charge in [0.25, 0.3) is 0 Å². The first-order chi connectivity index (χ1) is 7.11. The van der Waals surface area contributed by atoms with Crippen molar-refractivity contribution >= 4 is 22.0 Å². The lowest BCUT2D eigenvalue weighted by molar-refractivity contribution is 0.370. The average molecular weight is 278 g/mol. The Bertz CT molecular complexity index is 393. The molecule has 1 aromatic carbocycles. The summed E-state index contributed by atoms with van der Waals surface area (Å²) >= 11 is 2.92. The number of nitrogens with two attached hydrogens (primary N) is 1. The predicted octanol–water partition coefficient (Wildman–Crippen LogP) is 2.71. The first-order valence-corrected chi connectivity index (χ1v) is 4.99. The second kappa shape index (κ2) is 5.23. The molecule has 0 spiro atoms. The molecule has 82 valence electrons. The summed E-state index contributed by atoms with van der Waals surface area (Å²) in [6.07, 6.45) is 3.20. The summed E-state index contributed by atoms with van der Waals surface area (Å²) in [7, 11) is 1.28. The summed E-state index contributed by atoms with van der Waals surface area (Å²) in [6, 6.07) is 1.43. The Kier molecular flexibility index (Phi) is 4.23. The zero-order chi connectivity index (χ0) is 11.4.